The number of oxime groups is 1. The zero-order chi connectivity index (χ0) is 15.2. The van der Waals surface area contributed by atoms with Crippen molar-refractivity contribution in [1.29, 1.82) is 0 Å². The lowest BCUT2D eigenvalue weighted by atomic mass is 10.2. The minimum absolute atomic E-state index is 0.0557. The maximum absolute atomic E-state index is 13.4. The third-order valence-corrected chi connectivity index (χ3v) is 3.57. The molecule has 0 spiro atoms. The number of nitrogens with one attached hydrogen (secondary N) is 1. The van der Waals surface area contributed by atoms with Crippen molar-refractivity contribution in [2.45, 2.75) is 6.92 Å². The van der Waals surface area contributed by atoms with E-state index in [1.54, 1.807) is 6.92 Å². The number of hydrogen-bond acceptors (Lipinski definition) is 5. The molecule has 0 heterocycles. The van der Waals surface area contributed by atoms with Gasteiger partial charge in [0.15, 0.2) is 5.84 Å². The van der Waals surface area contributed by atoms with Gasteiger partial charge in [0.25, 0.3) is 0 Å². The molecule has 0 aliphatic heterocycles. The molecular formula is C11H16FN3O4S. The lowest BCUT2D eigenvalue weighted by molar-refractivity contribution is 0.163. The molecule has 0 atom stereocenters. The van der Waals surface area contributed by atoms with Crippen LogP contribution in [0.5, 0.6) is 0 Å². The van der Waals surface area contributed by atoms with Crippen molar-refractivity contribution in [3.05, 3.63) is 29.6 Å². The summed E-state index contributed by atoms with van der Waals surface area (Å²) in [5.41, 5.74) is 5.21. The van der Waals surface area contributed by atoms with Gasteiger partial charge >= 0.3 is 0 Å². The molecule has 9 heteroatoms. The second-order valence-corrected chi connectivity index (χ2v) is 5.64. The fraction of sp³-hybridized carbons (Fsp3) is 0.364. The van der Waals surface area contributed by atoms with E-state index in [0.717, 1.165) is 12.1 Å². The summed E-state index contributed by atoms with van der Waals surface area (Å²) in [7, 11) is -3.61. The van der Waals surface area contributed by atoms with E-state index in [-0.39, 0.29) is 23.6 Å². The van der Waals surface area contributed by atoms with Crippen LogP contribution < -0.4 is 10.5 Å². The number of amidine groups is 1. The highest BCUT2D eigenvalue weighted by molar-refractivity contribution is 7.92. The highest BCUT2D eigenvalue weighted by atomic mass is 32.2. The third kappa shape index (κ3) is 4.67. The van der Waals surface area contributed by atoms with Crippen LogP contribution in [-0.2, 0) is 14.8 Å². The highest BCUT2D eigenvalue weighted by Crippen LogP contribution is 2.16. The molecule has 112 valence electrons. The number of halogens is 1. The van der Waals surface area contributed by atoms with E-state index >= 15 is 0 Å². The molecule has 4 N–H and O–H groups in total. The Morgan fingerprint density at radius 2 is 2.25 bits per heavy atom. The van der Waals surface area contributed by atoms with E-state index in [4.69, 9.17) is 15.7 Å². The van der Waals surface area contributed by atoms with Crippen molar-refractivity contribution in [2.24, 2.45) is 10.9 Å². The zero-order valence-electron chi connectivity index (χ0n) is 10.8. The average Bonchev–Trinajstić information content (AvgIpc) is 2.40. The molecule has 0 amide bonds. The molecule has 0 fully saturated rings. The molecule has 0 saturated carbocycles. The van der Waals surface area contributed by atoms with Crippen LogP contribution in [0.4, 0.5) is 10.1 Å². The molecular weight excluding hydrogens is 289 g/mol. The Morgan fingerprint density at radius 3 is 2.85 bits per heavy atom. The van der Waals surface area contributed by atoms with Crippen LogP contribution in [0.1, 0.15) is 12.5 Å². The molecule has 0 aromatic heterocycles. The minimum Gasteiger partial charge on any atom is -0.409 e. The summed E-state index contributed by atoms with van der Waals surface area (Å²) in [6.07, 6.45) is 0. The van der Waals surface area contributed by atoms with E-state index in [9.17, 15) is 12.8 Å². The second kappa shape index (κ2) is 7.06. The van der Waals surface area contributed by atoms with Gasteiger partial charge in [0.05, 0.1) is 17.9 Å². The lowest BCUT2D eigenvalue weighted by Crippen LogP contribution is -2.21. The number of rotatable bonds is 7. The van der Waals surface area contributed by atoms with E-state index in [2.05, 4.69) is 9.88 Å². The molecule has 20 heavy (non-hydrogen) atoms. The second-order valence-electron chi connectivity index (χ2n) is 3.80. The van der Waals surface area contributed by atoms with Crippen LogP contribution in [0.2, 0.25) is 0 Å². The first kappa shape index (κ1) is 16.2. The van der Waals surface area contributed by atoms with Crippen molar-refractivity contribution >= 4 is 21.5 Å². The molecule has 0 aliphatic rings. The number of benzene rings is 1. The largest absolute Gasteiger partial charge is 0.409 e. The van der Waals surface area contributed by atoms with Crippen LogP contribution in [0, 0.1) is 5.82 Å². The lowest BCUT2D eigenvalue weighted by Gasteiger charge is -2.09. The van der Waals surface area contributed by atoms with Gasteiger partial charge in [-0.3, -0.25) is 4.72 Å². The van der Waals surface area contributed by atoms with E-state index in [0.29, 0.717) is 6.61 Å². The zero-order valence-corrected chi connectivity index (χ0v) is 11.7. The molecule has 0 radical (unpaired) electrons. The standard InChI is InChI=1S/C11H16FN3O4S/c1-2-19-5-6-20(17,18)15-8-3-4-10(12)9(7-8)11(13)14-16/h3-4,7,15-16H,2,5-6H2,1H3,(H2,13,14). The number of ether oxygens (including phenoxy) is 1. The van der Waals surface area contributed by atoms with Crippen LogP contribution in [0.15, 0.2) is 23.4 Å². The average molecular weight is 305 g/mol. The first-order chi connectivity index (χ1) is 9.39. The molecule has 0 saturated heterocycles. The molecule has 7 nitrogen and oxygen atoms in total. The van der Waals surface area contributed by atoms with Gasteiger partial charge in [0.1, 0.15) is 5.82 Å². The fourth-order valence-electron chi connectivity index (χ4n) is 1.38. The van der Waals surface area contributed by atoms with Crippen molar-refractivity contribution in [3.8, 4) is 0 Å². The summed E-state index contributed by atoms with van der Waals surface area (Å²) in [6.45, 7) is 2.23. The van der Waals surface area contributed by atoms with Crippen molar-refractivity contribution in [3.63, 3.8) is 0 Å². The van der Waals surface area contributed by atoms with Crippen LogP contribution in [0.3, 0.4) is 0 Å². The predicted molar refractivity (Wildman–Crippen MR) is 72.8 cm³/mol. The van der Waals surface area contributed by atoms with Gasteiger partial charge in [-0.1, -0.05) is 5.16 Å². The quantitative estimate of drug-likeness (QED) is 0.225. The topological polar surface area (TPSA) is 114 Å². The van der Waals surface area contributed by atoms with E-state index in [1.807, 2.05) is 0 Å². The number of sulfonamides is 1. The normalized spacial score (nSPS) is 12.4. The van der Waals surface area contributed by atoms with Gasteiger partial charge < -0.3 is 15.7 Å². The van der Waals surface area contributed by atoms with Gasteiger partial charge in [0, 0.05) is 12.3 Å². The SMILES string of the molecule is CCOCCS(=O)(=O)Nc1ccc(F)c(C(N)=NO)c1. The van der Waals surface area contributed by atoms with Gasteiger partial charge in [0.2, 0.25) is 10.0 Å². The Labute approximate surface area is 116 Å². The van der Waals surface area contributed by atoms with Gasteiger partial charge in [-0.05, 0) is 25.1 Å². The van der Waals surface area contributed by atoms with E-state index < -0.39 is 21.7 Å². The number of nitrogens with zero attached hydrogens (tertiary/aromatic N) is 1. The summed E-state index contributed by atoms with van der Waals surface area (Å²) >= 11 is 0. The van der Waals surface area contributed by atoms with Gasteiger partial charge in [-0.2, -0.15) is 0 Å². The highest BCUT2D eigenvalue weighted by Gasteiger charge is 2.13. The fourth-order valence-corrected chi connectivity index (χ4v) is 2.31. The van der Waals surface area contributed by atoms with Crippen LogP contribution in [-0.4, -0.2) is 38.4 Å². The molecule has 1 aromatic rings. The predicted octanol–water partition coefficient (Wildman–Crippen LogP) is 0.698. The third-order valence-electron chi connectivity index (χ3n) is 2.32. The molecule has 0 bridgehead atoms. The maximum atomic E-state index is 13.4. The molecule has 0 aliphatic carbocycles. The number of hydrogen-bond donors (Lipinski definition) is 3. The van der Waals surface area contributed by atoms with E-state index in [1.165, 1.54) is 6.07 Å². The van der Waals surface area contributed by atoms with Crippen LogP contribution in [0.25, 0.3) is 0 Å². The van der Waals surface area contributed by atoms with Gasteiger partial charge in [-0.15, -0.1) is 0 Å². The van der Waals surface area contributed by atoms with Crippen molar-refractivity contribution in [1.82, 2.24) is 0 Å². The summed E-state index contributed by atoms with van der Waals surface area (Å²) in [6, 6.07) is 3.40. The molecule has 1 aromatic carbocycles. The Hall–Kier alpha value is -1.87. The van der Waals surface area contributed by atoms with Crippen molar-refractivity contribution in [2.75, 3.05) is 23.7 Å². The van der Waals surface area contributed by atoms with Crippen LogP contribution >= 0.6 is 0 Å². The summed E-state index contributed by atoms with van der Waals surface area (Å²) in [5, 5.41) is 11.2. The Morgan fingerprint density at radius 1 is 1.55 bits per heavy atom. The molecule has 1 rings (SSSR count). The smallest absolute Gasteiger partial charge is 0.234 e. The Kier molecular flexibility index (Phi) is 5.71. The first-order valence-electron chi connectivity index (χ1n) is 5.75. The minimum atomic E-state index is -3.61. The number of nitrogens with two attached hydrogens (primary N) is 1. The summed E-state index contributed by atoms with van der Waals surface area (Å²) in [4.78, 5) is 0. The summed E-state index contributed by atoms with van der Waals surface area (Å²) < 4.78 is 44.1. The van der Waals surface area contributed by atoms with Gasteiger partial charge in [-0.25, -0.2) is 12.8 Å². The maximum Gasteiger partial charge on any atom is 0.234 e. The molecule has 0 unspecified atom stereocenters. The summed E-state index contributed by atoms with van der Waals surface area (Å²) in [5.74, 6) is -1.40. The number of anilines is 1. The Bertz CT molecular complexity index is 589. The van der Waals surface area contributed by atoms with Crippen molar-refractivity contribution < 1.29 is 22.8 Å². The first-order valence-corrected chi connectivity index (χ1v) is 7.40. The monoisotopic (exact) mass is 305 g/mol. The Balaban J connectivity index is 2.88.